The lowest BCUT2D eigenvalue weighted by Gasteiger charge is -2.32. The van der Waals surface area contributed by atoms with Crippen molar-refractivity contribution in [2.45, 2.75) is 19.3 Å². The summed E-state index contributed by atoms with van der Waals surface area (Å²) in [6.45, 7) is 1.35. The van der Waals surface area contributed by atoms with Gasteiger partial charge in [-0.15, -0.1) is 0 Å². The Morgan fingerprint density at radius 3 is 2.70 bits per heavy atom. The van der Waals surface area contributed by atoms with Crippen molar-refractivity contribution < 1.29 is 14.4 Å². The van der Waals surface area contributed by atoms with Crippen LogP contribution in [0.5, 0.6) is 0 Å². The van der Waals surface area contributed by atoms with Gasteiger partial charge in [0.15, 0.2) is 0 Å². The SMILES string of the molecule is O=C1CN(CC(=O)N2CCC(Cc3cccnc3)CC2)C(=O)N1. The van der Waals surface area contributed by atoms with Gasteiger partial charge in [-0.2, -0.15) is 0 Å². The van der Waals surface area contributed by atoms with Gasteiger partial charge >= 0.3 is 6.03 Å². The van der Waals surface area contributed by atoms with E-state index in [4.69, 9.17) is 0 Å². The summed E-state index contributed by atoms with van der Waals surface area (Å²) in [6.07, 6.45) is 6.54. The van der Waals surface area contributed by atoms with Gasteiger partial charge in [0.2, 0.25) is 11.8 Å². The predicted octanol–water partition coefficient (Wildman–Crippen LogP) is 0.414. The maximum Gasteiger partial charge on any atom is 0.325 e. The Bertz CT molecular complexity index is 597. The Balaban J connectivity index is 1.46. The lowest BCUT2D eigenvalue weighted by Crippen LogP contribution is -2.45. The first-order valence-corrected chi connectivity index (χ1v) is 7.87. The zero-order chi connectivity index (χ0) is 16.2. The monoisotopic (exact) mass is 316 g/mol. The molecule has 0 saturated carbocycles. The van der Waals surface area contributed by atoms with E-state index in [0.717, 1.165) is 19.3 Å². The van der Waals surface area contributed by atoms with E-state index in [-0.39, 0.29) is 24.9 Å². The second-order valence-electron chi connectivity index (χ2n) is 6.10. The summed E-state index contributed by atoms with van der Waals surface area (Å²) in [6, 6.07) is 3.54. The molecule has 2 aliphatic heterocycles. The maximum atomic E-state index is 12.3. The van der Waals surface area contributed by atoms with E-state index in [1.165, 1.54) is 10.5 Å². The minimum absolute atomic E-state index is 0.0230. The van der Waals surface area contributed by atoms with Crippen molar-refractivity contribution in [2.24, 2.45) is 5.92 Å². The zero-order valence-electron chi connectivity index (χ0n) is 12.9. The number of imide groups is 1. The Morgan fingerprint density at radius 2 is 2.09 bits per heavy atom. The van der Waals surface area contributed by atoms with Gasteiger partial charge in [-0.1, -0.05) is 6.07 Å². The third-order valence-electron chi connectivity index (χ3n) is 4.41. The highest BCUT2D eigenvalue weighted by molar-refractivity contribution is 6.03. The van der Waals surface area contributed by atoms with Crippen molar-refractivity contribution in [1.29, 1.82) is 0 Å². The van der Waals surface area contributed by atoms with Crippen molar-refractivity contribution in [3.05, 3.63) is 30.1 Å². The molecule has 0 bridgehead atoms. The fourth-order valence-corrected chi connectivity index (χ4v) is 3.11. The Kier molecular flexibility index (Phi) is 4.55. The van der Waals surface area contributed by atoms with Gasteiger partial charge in [0.05, 0.1) is 0 Å². The summed E-state index contributed by atoms with van der Waals surface area (Å²) >= 11 is 0. The molecule has 3 rings (SSSR count). The molecule has 3 heterocycles. The molecule has 2 saturated heterocycles. The Hall–Kier alpha value is -2.44. The molecule has 0 radical (unpaired) electrons. The van der Waals surface area contributed by atoms with Gasteiger partial charge in [0.1, 0.15) is 13.1 Å². The van der Waals surface area contributed by atoms with Gasteiger partial charge in [-0.3, -0.25) is 19.9 Å². The normalized spacial score (nSPS) is 19.1. The van der Waals surface area contributed by atoms with Crippen LogP contribution in [-0.2, 0) is 16.0 Å². The summed E-state index contributed by atoms with van der Waals surface area (Å²) in [7, 11) is 0. The quantitative estimate of drug-likeness (QED) is 0.816. The lowest BCUT2D eigenvalue weighted by molar-refractivity contribution is -0.133. The Labute approximate surface area is 134 Å². The van der Waals surface area contributed by atoms with Gasteiger partial charge < -0.3 is 9.80 Å². The molecule has 7 heteroatoms. The van der Waals surface area contributed by atoms with E-state index < -0.39 is 6.03 Å². The fourth-order valence-electron chi connectivity index (χ4n) is 3.11. The van der Waals surface area contributed by atoms with Crippen molar-refractivity contribution in [3.8, 4) is 0 Å². The number of rotatable bonds is 4. The third-order valence-corrected chi connectivity index (χ3v) is 4.41. The number of carbonyl (C=O) groups excluding carboxylic acids is 3. The number of likely N-dealkylation sites (tertiary alicyclic amines) is 1. The van der Waals surface area contributed by atoms with Crippen molar-refractivity contribution in [3.63, 3.8) is 0 Å². The van der Waals surface area contributed by atoms with Crippen LogP contribution in [-0.4, -0.2) is 58.8 Å². The van der Waals surface area contributed by atoms with Gasteiger partial charge in [0, 0.05) is 25.5 Å². The predicted molar refractivity (Wildman–Crippen MR) is 82.4 cm³/mol. The Morgan fingerprint density at radius 1 is 1.30 bits per heavy atom. The number of nitrogens with one attached hydrogen (secondary N) is 1. The van der Waals surface area contributed by atoms with Crippen LogP contribution in [0.15, 0.2) is 24.5 Å². The first-order valence-electron chi connectivity index (χ1n) is 7.87. The first-order chi connectivity index (χ1) is 11.1. The van der Waals surface area contributed by atoms with E-state index in [2.05, 4.69) is 16.4 Å². The highest BCUT2D eigenvalue weighted by Crippen LogP contribution is 2.21. The molecule has 7 nitrogen and oxygen atoms in total. The maximum absolute atomic E-state index is 12.3. The number of hydrogen-bond acceptors (Lipinski definition) is 4. The van der Waals surface area contributed by atoms with Crippen LogP contribution in [0.2, 0.25) is 0 Å². The number of hydrogen-bond donors (Lipinski definition) is 1. The van der Waals surface area contributed by atoms with Crippen molar-refractivity contribution >= 4 is 17.8 Å². The largest absolute Gasteiger partial charge is 0.341 e. The molecule has 4 amide bonds. The minimum atomic E-state index is -0.477. The van der Waals surface area contributed by atoms with E-state index >= 15 is 0 Å². The summed E-state index contributed by atoms with van der Waals surface area (Å²) in [5.41, 5.74) is 1.23. The number of piperidine rings is 1. The zero-order valence-corrected chi connectivity index (χ0v) is 12.9. The number of urea groups is 1. The van der Waals surface area contributed by atoms with Crippen LogP contribution in [0.4, 0.5) is 4.79 Å². The number of amides is 4. The van der Waals surface area contributed by atoms with Crippen molar-refractivity contribution in [1.82, 2.24) is 20.1 Å². The van der Waals surface area contributed by atoms with Crippen LogP contribution in [0.3, 0.4) is 0 Å². The average Bonchev–Trinajstić information content (AvgIpc) is 2.86. The fraction of sp³-hybridized carbons (Fsp3) is 0.500. The highest BCUT2D eigenvalue weighted by Gasteiger charge is 2.31. The minimum Gasteiger partial charge on any atom is -0.341 e. The molecule has 0 atom stereocenters. The van der Waals surface area contributed by atoms with Gasteiger partial charge in [-0.25, -0.2) is 4.79 Å². The smallest absolute Gasteiger partial charge is 0.325 e. The van der Waals surface area contributed by atoms with Gasteiger partial charge in [-0.05, 0) is 36.8 Å². The van der Waals surface area contributed by atoms with Crippen LogP contribution in [0, 0.1) is 5.92 Å². The van der Waals surface area contributed by atoms with Gasteiger partial charge in [0.25, 0.3) is 0 Å². The molecule has 2 fully saturated rings. The number of carbonyl (C=O) groups is 3. The van der Waals surface area contributed by atoms with E-state index in [1.54, 1.807) is 11.1 Å². The number of nitrogens with zero attached hydrogens (tertiary/aromatic N) is 3. The number of aromatic nitrogens is 1. The summed E-state index contributed by atoms with van der Waals surface area (Å²) < 4.78 is 0. The van der Waals surface area contributed by atoms with Crippen LogP contribution < -0.4 is 5.32 Å². The summed E-state index contributed by atoms with van der Waals surface area (Å²) in [4.78, 5) is 42.0. The molecule has 23 heavy (non-hydrogen) atoms. The van der Waals surface area contributed by atoms with E-state index in [0.29, 0.717) is 19.0 Å². The third kappa shape index (κ3) is 3.85. The topological polar surface area (TPSA) is 82.6 Å². The molecule has 1 N–H and O–H groups in total. The lowest BCUT2D eigenvalue weighted by atomic mass is 9.91. The molecule has 0 unspecified atom stereocenters. The van der Waals surface area contributed by atoms with Crippen LogP contribution in [0.1, 0.15) is 18.4 Å². The van der Waals surface area contributed by atoms with Crippen molar-refractivity contribution in [2.75, 3.05) is 26.2 Å². The van der Waals surface area contributed by atoms with E-state index in [9.17, 15) is 14.4 Å². The standard InChI is InChI=1S/C16H20N4O3/c21-14-10-20(16(23)18-14)11-15(22)19-6-3-12(4-7-19)8-13-2-1-5-17-9-13/h1-2,5,9,12H,3-4,6-8,10-11H2,(H,18,21,23). The molecule has 0 aliphatic carbocycles. The molecule has 0 spiro atoms. The number of pyridine rings is 1. The average molecular weight is 316 g/mol. The molecular formula is C16H20N4O3. The molecule has 122 valence electrons. The van der Waals surface area contributed by atoms with Crippen LogP contribution in [0.25, 0.3) is 0 Å². The molecule has 2 aliphatic rings. The molecule has 1 aromatic rings. The van der Waals surface area contributed by atoms with E-state index in [1.807, 2.05) is 12.3 Å². The summed E-state index contributed by atoms with van der Waals surface area (Å²) in [5, 5.41) is 2.18. The molecular weight excluding hydrogens is 296 g/mol. The van der Waals surface area contributed by atoms with Crippen LogP contribution >= 0.6 is 0 Å². The molecule has 1 aromatic heterocycles. The summed E-state index contributed by atoms with van der Waals surface area (Å²) in [5.74, 6) is 0.118. The molecule has 0 aromatic carbocycles. The highest BCUT2D eigenvalue weighted by atomic mass is 16.2. The first kappa shape index (κ1) is 15.5. The second kappa shape index (κ2) is 6.76. The second-order valence-corrected chi connectivity index (χ2v) is 6.10.